The zero-order chi connectivity index (χ0) is 17.7. The maximum atomic E-state index is 12.0. The Balaban J connectivity index is 1.69. The first-order valence-electron chi connectivity index (χ1n) is 9.34. The number of ether oxygens (including phenoxy) is 4. The van der Waals surface area contributed by atoms with E-state index in [9.17, 15) is 5.11 Å². The third-order valence-corrected chi connectivity index (χ3v) is 7.26. The molecule has 2 fully saturated rings. The van der Waals surface area contributed by atoms with Gasteiger partial charge in [-0.15, -0.1) is 0 Å². The van der Waals surface area contributed by atoms with E-state index in [1.807, 2.05) is 18.2 Å². The number of aliphatic hydroxyl groups is 1. The summed E-state index contributed by atoms with van der Waals surface area (Å²) in [6.07, 6.45) is 4.96. The van der Waals surface area contributed by atoms with Gasteiger partial charge >= 0.3 is 0 Å². The Bertz CT molecular complexity index is 832. The molecule has 5 aliphatic rings. The number of nitrogens with zero attached hydrogens (tertiary/aromatic N) is 1. The summed E-state index contributed by atoms with van der Waals surface area (Å²) in [7, 11) is 3.75. The van der Waals surface area contributed by atoms with E-state index in [0.717, 1.165) is 30.7 Å². The highest BCUT2D eigenvalue weighted by Crippen LogP contribution is 2.66. The molecule has 3 heterocycles. The minimum absolute atomic E-state index is 0.00389. The molecule has 1 N–H and O–H groups in total. The van der Waals surface area contributed by atoms with Gasteiger partial charge in [-0.2, -0.15) is 0 Å². The molecule has 0 aromatic heterocycles. The molecule has 2 saturated heterocycles. The Hall–Kier alpha value is -1.60. The number of benzene rings is 1. The number of rotatable bonds is 1. The maximum absolute atomic E-state index is 12.0. The normalized spacial score (nSPS) is 41.2. The standard InChI is InChI=1S/C20H23NO5/c1-21-8-7-18-15-12-3-4-13(23-2)16(15)26-17(18)20(24-9-10-25-20)6-5-19(18,22)14(21)11-12/h3-6,14,17,22H,7-11H2,1-2H3/t14-,17+,18-,19+/m0/s1. The first-order chi connectivity index (χ1) is 12.6. The molecule has 6 rings (SSSR count). The summed E-state index contributed by atoms with van der Waals surface area (Å²) in [5.74, 6) is 0.518. The molecule has 0 radical (unpaired) electrons. The van der Waals surface area contributed by atoms with Crippen molar-refractivity contribution in [2.45, 2.75) is 41.8 Å². The molecular weight excluding hydrogens is 334 g/mol. The molecule has 0 saturated carbocycles. The Labute approximate surface area is 152 Å². The summed E-state index contributed by atoms with van der Waals surface area (Å²) in [6.45, 7) is 1.96. The second kappa shape index (κ2) is 4.62. The molecule has 0 amide bonds. The van der Waals surface area contributed by atoms with Gasteiger partial charge in [0.05, 0.1) is 25.7 Å². The first kappa shape index (κ1) is 15.5. The van der Waals surface area contributed by atoms with Gasteiger partial charge in [0.2, 0.25) is 5.79 Å². The smallest absolute Gasteiger partial charge is 0.227 e. The van der Waals surface area contributed by atoms with E-state index in [1.165, 1.54) is 5.56 Å². The molecule has 4 atom stereocenters. The van der Waals surface area contributed by atoms with Crippen LogP contribution in [-0.2, 0) is 21.3 Å². The minimum atomic E-state index is -1.02. The van der Waals surface area contributed by atoms with Crippen molar-refractivity contribution in [1.29, 1.82) is 0 Å². The van der Waals surface area contributed by atoms with Gasteiger partial charge in [-0.3, -0.25) is 4.90 Å². The van der Waals surface area contributed by atoms with E-state index in [0.29, 0.717) is 19.0 Å². The van der Waals surface area contributed by atoms with Crippen molar-refractivity contribution in [2.24, 2.45) is 0 Å². The molecule has 3 aliphatic heterocycles. The highest BCUT2D eigenvalue weighted by Gasteiger charge is 2.75. The van der Waals surface area contributed by atoms with E-state index in [-0.39, 0.29) is 6.04 Å². The Kier molecular flexibility index (Phi) is 2.75. The van der Waals surface area contributed by atoms with Gasteiger partial charge in [0, 0.05) is 11.6 Å². The third-order valence-electron chi connectivity index (χ3n) is 7.26. The van der Waals surface area contributed by atoms with Crippen molar-refractivity contribution >= 4 is 0 Å². The summed E-state index contributed by atoms with van der Waals surface area (Å²) in [4.78, 5) is 2.27. The van der Waals surface area contributed by atoms with Crippen LogP contribution in [0.3, 0.4) is 0 Å². The summed E-state index contributed by atoms with van der Waals surface area (Å²) in [5, 5.41) is 12.0. The Morgan fingerprint density at radius 2 is 2.04 bits per heavy atom. The predicted molar refractivity (Wildman–Crippen MR) is 92.6 cm³/mol. The maximum Gasteiger partial charge on any atom is 0.227 e. The quantitative estimate of drug-likeness (QED) is 0.757. The van der Waals surface area contributed by atoms with Crippen LogP contribution in [0.2, 0.25) is 0 Å². The molecule has 26 heavy (non-hydrogen) atoms. The van der Waals surface area contributed by atoms with Crippen molar-refractivity contribution in [3.05, 3.63) is 35.4 Å². The van der Waals surface area contributed by atoms with E-state index >= 15 is 0 Å². The van der Waals surface area contributed by atoms with Crippen LogP contribution in [0.1, 0.15) is 17.5 Å². The summed E-state index contributed by atoms with van der Waals surface area (Å²) < 4.78 is 24.3. The van der Waals surface area contributed by atoms with Crippen molar-refractivity contribution < 1.29 is 24.1 Å². The molecule has 2 spiro atoms. The molecule has 6 nitrogen and oxygen atoms in total. The first-order valence-corrected chi connectivity index (χ1v) is 9.34. The second-order valence-corrected chi connectivity index (χ2v) is 8.13. The number of likely N-dealkylation sites (tertiary alicyclic amines) is 1. The van der Waals surface area contributed by atoms with Crippen LogP contribution in [0, 0.1) is 0 Å². The fourth-order valence-corrected chi connectivity index (χ4v) is 6.13. The van der Waals surface area contributed by atoms with Gasteiger partial charge in [0.15, 0.2) is 17.6 Å². The fourth-order valence-electron chi connectivity index (χ4n) is 6.13. The zero-order valence-corrected chi connectivity index (χ0v) is 15.0. The highest BCUT2D eigenvalue weighted by molar-refractivity contribution is 5.64. The molecule has 1 aromatic rings. The van der Waals surface area contributed by atoms with Crippen LogP contribution in [0.25, 0.3) is 0 Å². The monoisotopic (exact) mass is 357 g/mol. The van der Waals surface area contributed by atoms with Crippen molar-refractivity contribution in [3.63, 3.8) is 0 Å². The number of likely N-dealkylation sites (N-methyl/N-ethyl adjacent to an activating group) is 1. The van der Waals surface area contributed by atoms with E-state index < -0.39 is 22.9 Å². The second-order valence-electron chi connectivity index (χ2n) is 8.13. The van der Waals surface area contributed by atoms with E-state index in [1.54, 1.807) is 7.11 Å². The van der Waals surface area contributed by atoms with Gasteiger partial charge in [0.25, 0.3) is 0 Å². The van der Waals surface area contributed by atoms with Crippen molar-refractivity contribution in [2.75, 3.05) is 33.9 Å². The molecule has 6 heteroatoms. The van der Waals surface area contributed by atoms with Gasteiger partial charge < -0.3 is 24.1 Å². The lowest BCUT2D eigenvalue weighted by atomic mass is 9.50. The molecule has 1 aromatic carbocycles. The van der Waals surface area contributed by atoms with Gasteiger partial charge in [-0.25, -0.2) is 0 Å². The van der Waals surface area contributed by atoms with Crippen LogP contribution in [0.4, 0.5) is 0 Å². The number of hydrogen-bond acceptors (Lipinski definition) is 6. The van der Waals surface area contributed by atoms with Crippen LogP contribution in [0.15, 0.2) is 24.3 Å². The molecular formula is C20H23NO5. The Morgan fingerprint density at radius 3 is 2.81 bits per heavy atom. The lowest BCUT2D eigenvalue weighted by Crippen LogP contribution is -2.77. The third kappa shape index (κ3) is 1.44. The van der Waals surface area contributed by atoms with Gasteiger partial charge in [-0.05, 0) is 50.2 Å². The van der Waals surface area contributed by atoms with Crippen LogP contribution >= 0.6 is 0 Å². The van der Waals surface area contributed by atoms with Crippen molar-refractivity contribution in [3.8, 4) is 11.5 Å². The lowest BCUT2D eigenvalue weighted by Gasteiger charge is -2.62. The minimum Gasteiger partial charge on any atom is -0.493 e. The van der Waals surface area contributed by atoms with Gasteiger partial charge in [0.1, 0.15) is 5.60 Å². The summed E-state index contributed by atoms with van der Waals surface area (Å²) in [6, 6.07) is 4.10. The largest absolute Gasteiger partial charge is 0.493 e. The molecule has 2 aliphatic carbocycles. The van der Waals surface area contributed by atoms with Crippen molar-refractivity contribution in [1.82, 2.24) is 4.90 Å². The summed E-state index contributed by atoms with van der Waals surface area (Å²) >= 11 is 0. The highest BCUT2D eigenvalue weighted by atomic mass is 16.8. The number of fused-ring (bicyclic) bond motifs is 1. The topological polar surface area (TPSA) is 60.4 Å². The van der Waals surface area contributed by atoms with Gasteiger partial charge in [-0.1, -0.05) is 6.07 Å². The lowest BCUT2D eigenvalue weighted by molar-refractivity contribution is -0.237. The fraction of sp³-hybridized carbons (Fsp3) is 0.600. The molecule has 138 valence electrons. The molecule has 2 bridgehead atoms. The predicted octanol–water partition coefficient (Wildman–Crippen LogP) is 0.998. The SMILES string of the molecule is COc1ccc2c3c1O[C@H]1C4(C=C[C@@]5(O)[C@H](C2)N(C)CC[C@]315)OCCO4. The van der Waals surface area contributed by atoms with E-state index in [2.05, 4.69) is 18.0 Å². The summed E-state index contributed by atoms with van der Waals surface area (Å²) in [5.41, 5.74) is 0.723. The van der Waals surface area contributed by atoms with Crippen LogP contribution in [-0.4, -0.2) is 67.5 Å². The van der Waals surface area contributed by atoms with Crippen LogP contribution < -0.4 is 9.47 Å². The van der Waals surface area contributed by atoms with E-state index in [4.69, 9.17) is 18.9 Å². The molecule has 0 unspecified atom stereocenters. The number of piperidine rings is 1. The average Bonchev–Trinajstić information content (AvgIpc) is 3.24. The number of hydrogen-bond donors (Lipinski definition) is 1. The van der Waals surface area contributed by atoms with Crippen LogP contribution in [0.5, 0.6) is 11.5 Å². The zero-order valence-electron chi connectivity index (χ0n) is 15.0. The number of methoxy groups -OCH3 is 1. The average molecular weight is 357 g/mol. The Morgan fingerprint density at radius 1 is 1.23 bits per heavy atom.